The lowest BCUT2D eigenvalue weighted by Gasteiger charge is -2.28. The topological polar surface area (TPSA) is 104 Å². The summed E-state index contributed by atoms with van der Waals surface area (Å²) in [4.78, 5) is 0.749. The summed E-state index contributed by atoms with van der Waals surface area (Å²) in [5, 5.41) is 12.0. The van der Waals surface area contributed by atoms with E-state index in [0.717, 1.165) is 16.9 Å². The number of aliphatic hydroxyl groups is 1. The maximum atomic E-state index is 12.5. The molecule has 0 saturated carbocycles. The van der Waals surface area contributed by atoms with Gasteiger partial charge in [-0.05, 0) is 61.0 Å². The molecule has 10 heteroatoms. The van der Waals surface area contributed by atoms with Crippen molar-refractivity contribution in [1.29, 1.82) is 0 Å². The second kappa shape index (κ2) is 7.88. The highest BCUT2D eigenvalue weighted by Gasteiger charge is 2.26. The van der Waals surface area contributed by atoms with E-state index >= 15 is 0 Å². The number of nitrogens with zero attached hydrogens (tertiary/aromatic N) is 1. The highest BCUT2D eigenvalue weighted by molar-refractivity contribution is 7.92. The van der Waals surface area contributed by atoms with Crippen molar-refractivity contribution in [3.8, 4) is 0 Å². The lowest BCUT2D eigenvalue weighted by Crippen LogP contribution is -2.37. The fourth-order valence-electron chi connectivity index (χ4n) is 2.96. The third-order valence-electron chi connectivity index (χ3n) is 4.46. The van der Waals surface area contributed by atoms with E-state index in [1.807, 2.05) is 18.4 Å². The van der Waals surface area contributed by atoms with Crippen molar-refractivity contribution in [3.05, 3.63) is 46.2 Å². The summed E-state index contributed by atoms with van der Waals surface area (Å²) >= 11 is 1.37. The molecule has 2 heterocycles. The number of benzene rings is 1. The lowest BCUT2D eigenvalue weighted by atomic mass is 10.2. The molecule has 2 aromatic rings. The zero-order valence-corrected chi connectivity index (χ0v) is 17.3. The van der Waals surface area contributed by atoms with Gasteiger partial charge in [-0.3, -0.25) is 4.31 Å². The summed E-state index contributed by atoms with van der Waals surface area (Å²) in [7, 11) is -7.15. The molecule has 1 aliphatic rings. The first-order valence-electron chi connectivity index (χ1n) is 8.53. The Balaban J connectivity index is 1.71. The lowest BCUT2D eigenvalue weighted by molar-refractivity contribution is 0.185. The summed E-state index contributed by atoms with van der Waals surface area (Å²) in [6.07, 6.45) is 0.500. The summed E-state index contributed by atoms with van der Waals surface area (Å²) in [5.41, 5.74) is 1.38. The minimum Gasteiger partial charge on any atom is -0.386 e. The molecule has 0 spiro atoms. The van der Waals surface area contributed by atoms with Gasteiger partial charge in [0.25, 0.3) is 0 Å². The van der Waals surface area contributed by atoms with Crippen molar-refractivity contribution in [1.82, 2.24) is 4.72 Å². The smallest absolute Gasteiger partial charge is 0.240 e. The van der Waals surface area contributed by atoms with Crippen LogP contribution >= 0.6 is 11.3 Å². The van der Waals surface area contributed by atoms with Crippen LogP contribution in [0.1, 0.15) is 29.4 Å². The number of rotatable bonds is 6. The molecule has 1 atom stereocenters. The highest BCUT2D eigenvalue weighted by Crippen LogP contribution is 2.26. The maximum absolute atomic E-state index is 12.5. The van der Waals surface area contributed by atoms with Crippen LogP contribution in [0, 0.1) is 6.92 Å². The maximum Gasteiger partial charge on any atom is 0.240 e. The zero-order valence-electron chi connectivity index (χ0n) is 14.8. The molecule has 1 fully saturated rings. The second-order valence-corrected chi connectivity index (χ2v) is 11.2. The Morgan fingerprint density at radius 2 is 1.93 bits per heavy atom. The van der Waals surface area contributed by atoms with Crippen molar-refractivity contribution >= 4 is 37.1 Å². The molecule has 0 amide bonds. The first-order chi connectivity index (χ1) is 12.7. The number of thiophene rings is 1. The molecule has 1 saturated heterocycles. The predicted molar refractivity (Wildman–Crippen MR) is 106 cm³/mol. The van der Waals surface area contributed by atoms with E-state index in [1.165, 1.54) is 39.9 Å². The summed E-state index contributed by atoms with van der Waals surface area (Å²) in [6, 6.07) is 7.62. The van der Waals surface area contributed by atoms with Crippen LogP contribution in [0.15, 0.2) is 40.6 Å². The first kappa shape index (κ1) is 20.3. The van der Waals surface area contributed by atoms with Gasteiger partial charge in [0.05, 0.1) is 16.3 Å². The third kappa shape index (κ3) is 4.52. The van der Waals surface area contributed by atoms with Crippen molar-refractivity contribution in [2.45, 2.75) is 30.8 Å². The molecular formula is C17H22N2O5S3. The van der Waals surface area contributed by atoms with Gasteiger partial charge in [0.15, 0.2) is 0 Å². The van der Waals surface area contributed by atoms with Crippen LogP contribution in [-0.2, 0) is 20.0 Å². The number of anilines is 1. The fraction of sp³-hybridized carbons (Fsp3) is 0.412. The van der Waals surface area contributed by atoms with Crippen molar-refractivity contribution in [2.24, 2.45) is 0 Å². The molecule has 2 N–H and O–H groups in total. The van der Waals surface area contributed by atoms with Gasteiger partial charge in [0.2, 0.25) is 20.0 Å². The van der Waals surface area contributed by atoms with Crippen LogP contribution in [0.3, 0.4) is 0 Å². The Morgan fingerprint density at radius 3 is 2.52 bits per heavy atom. The Morgan fingerprint density at radius 1 is 1.22 bits per heavy atom. The molecule has 148 valence electrons. The number of hydrogen-bond donors (Lipinski definition) is 2. The van der Waals surface area contributed by atoms with Crippen LogP contribution in [0.2, 0.25) is 0 Å². The molecule has 1 aromatic carbocycles. The molecule has 0 aliphatic carbocycles. The van der Waals surface area contributed by atoms with Crippen LogP contribution in [0.4, 0.5) is 5.69 Å². The van der Waals surface area contributed by atoms with Gasteiger partial charge in [0.1, 0.15) is 6.10 Å². The van der Waals surface area contributed by atoms with E-state index in [1.54, 1.807) is 0 Å². The molecule has 0 bridgehead atoms. The van der Waals surface area contributed by atoms with Gasteiger partial charge in [0, 0.05) is 18.0 Å². The predicted octanol–water partition coefficient (Wildman–Crippen LogP) is 2.00. The Kier molecular flexibility index (Phi) is 5.92. The summed E-state index contributed by atoms with van der Waals surface area (Å²) in [5.74, 6) is 0.106. The summed E-state index contributed by atoms with van der Waals surface area (Å²) < 4.78 is 52.9. The first-order valence-corrected chi connectivity index (χ1v) is 12.5. The van der Waals surface area contributed by atoms with E-state index < -0.39 is 26.2 Å². The number of sulfonamides is 2. The van der Waals surface area contributed by atoms with Crippen molar-refractivity contribution < 1.29 is 21.9 Å². The van der Waals surface area contributed by atoms with E-state index in [9.17, 15) is 21.9 Å². The van der Waals surface area contributed by atoms with E-state index in [4.69, 9.17) is 0 Å². The summed E-state index contributed by atoms with van der Waals surface area (Å²) in [6.45, 7) is 2.13. The quantitative estimate of drug-likeness (QED) is 0.729. The van der Waals surface area contributed by atoms with Gasteiger partial charge >= 0.3 is 0 Å². The monoisotopic (exact) mass is 430 g/mol. The number of aryl methyl sites for hydroxylation is 1. The average Bonchev–Trinajstić information content (AvgIpc) is 3.06. The van der Waals surface area contributed by atoms with Crippen molar-refractivity contribution in [3.63, 3.8) is 0 Å². The number of hydrogen-bond acceptors (Lipinski definition) is 6. The minimum atomic E-state index is -3.81. The number of aliphatic hydroxyl groups excluding tert-OH is 1. The normalized spacial score (nSPS) is 18.4. The van der Waals surface area contributed by atoms with Gasteiger partial charge < -0.3 is 5.11 Å². The average molecular weight is 431 g/mol. The molecule has 27 heavy (non-hydrogen) atoms. The van der Waals surface area contributed by atoms with E-state index in [-0.39, 0.29) is 17.2 Å². The van der Waals surface area contributed by atoms with Crippen LogP contribution in [0.5, 0.6) is 0 Å². The molecule has 1 aromatic heterocycles. The third-order valence-corrected chi connectivity index (χ3v) is 8.88. The molecule has 1 aliphatic heterocycles. The van der Waals surface area contributed by atoms with Gasteiger partial charge in [-0.2, -0.15) is 0 Å². The van der Waals surface area contributed by atoms with E-state index in [0.29, 0.717) is 18.7 Å². The van der Waals surface area contributed by atoms with Crippen LogP contribution in [-0.4, -0.2) is 40.8 Å². The molecular weight excluding hydrogens is 408 g/mol. The van der Waals surface area contributed by atoms with Gasteiger partial charge in [-0.25, -0.2) is 21.6 Å². The minimum absolute atomic E-state index is 0.0239. The fourth-order valence-corrected chi connectivity index (χ4v) is 6.55. The Labute approximate surface area is 163 Å². The van der Waals surface area contributed by atoms with Gasteiger partial charge in [-0.1, -0.05) is 0 Å². The van der Waals surface area contributed by atoms with Crippen molar-refractivity contribution in [2.75, 3.05) is 23.1 Å². The highest BCUT2D eigenvalue weighted by atomic mass is 32.2. The molecule has 0 unspecified atom stereocenters. The van der Waals surface area contributed by atoms with Gasteiger partial charge in [-0.15, -0.1) is 11.3 Å². The second-order valence-electron chi connectivity index (χ2n) is 6.42. The largest absolute Gasteiger partial charge is 0.386 e. The molecule has 7 nitrogen and oxygen atoms in total. The Bertz CT molecular complexity index is 997. The number of nitrogens with one attached hydrogen (secondary N) is 1. The SMILES string of the molecule is Cc1ccsc1[C@@H](O)CNS(=O)(=O)c1ccc(N2CCCCS2(=O)=O)cc1. The van der Waals surface area contributed by atoms with E-state index in [2.05, 4.69) is 4.72 Å². The Hall–Kier alpha value is -1.46. The zero-order chi connectivity index (χ0) is 19.7. The van der Waals surface area contributed by atoms with Crippen LogP contribution in [0.25, 0.3) is 0 Å². The van der Waals surface area contributed by atoms with Crippen LogP contribution < -0.4 is 9.03 Å². The molecule has 3 rings (SSSR count). The standard InChI is InChI=1S/C17H22N2O5S3/c1-13-8-10-25-17(13)16(20)12-18-27(23,24)15-6-4-14(5-7-15)19-9-2-3-11-26(19,21)22/h4-8,10,16,18,20H,2-3,9,11-12H2,1H3/t16-/m0/s1. The molecule has 0 radical (unpaired) electrons.